The molecule has 3 N–H and O–H groups in total. The minimum Gasteiger partial charge on any atom is -0.365 e. The number of amides is 1. The van der Waals surface area contributed by atoms with Gasteiger partial charge in [0.2, 0.25) is 0 Å². The second-order valence-electron chi connectivity index (χ2n) is 6.78. The molecule has 4 heteroatoms. The van der Waals surface area contributed by atoms with E-state index in [9.17, 15) is 10.1 Å². The number of nitrogens with two attached hydrogens (primary N) is 1. The van der Waals surface area contributed by atoms with Crippen LogP contribution >= 0.6 is 0 Å². The second kappa shape index (κ2) is 6.62. The molecule has 132 valence electrons. The van der Waals surface area contributed by atoms with Crippen molar-refractivity contribution in [2.24, 2.45) is 5.73 Å². The SMILES string of the molecule is Cc1cccc2c3c([nH]c12)C(=C(/C#N)C(N)=O)/C(=C/c1ccccc1)CC3. The molecule has 0 atom stereocenters. The van der Waals surface area contributed by atoms with Crippen molar-refractivity contribution in [2.75, 3.05) is 0 Å². The number of aromatic nitrogens is 1. The largest absolute Gasteiger partial charge is 0.365 e. The highest BCUT2D eigenvalue weighted by Crippen LogP contribution is 2.41. The number of fused-ring (bicyclic) bond motifs is 3. The van der Waals surface area contributed by atoms with Gasteiger partial charge in [-0.05, 0) is 42.0 Å². The molecule has 4 rings (SSSR count). The minimum absolute atomic E-state index is 0.00217. The van der Waals surface area contributed by atoms with Crippen molar-refractivity contribution in [1.82, 2.24) is 4.98 Å². The first kappa shape index (κ1) is 16.9. The molecule has 4 nitrogen and oxygen atoms in total. The number of H-pyrrole nitrogens is 1. The normalized spacial score (nSPS) is 16.8. The first-order valence-electron chi connectivity index (χ1n) is 8.91. The fourth-order valence-corrected chi connectivity index (χ4v) is 3.85. The van der Waals surface area contributed by atoms with E-state index < -0.39 is 5.91 Å². The molecule has 0 spiro atoms. The first-order valence-corrected chi connectivity index (χ1v) is 8.91. The highest BCUT2D eigenvalue weighted by Gasteiger charge is 2.28. The summed E-state index contributed by atoms with van der Waals surface area (Å²) >= 11 is 0. The Morgan fingerprint density at radius 2 is 1.93 bits per heavy atom. The Morgan fingerprint density at radius 3 is 2.63 bits per heavy atom. The number of primary amides is 1. The van der Waals surface area contributed by atoms with Crippen molar-refractivity contribution in [2.45, 2.75) is 19.8 Å². The van der Waals surface area contributed by atoms with E-state index in [1.54, 1.807) is 0 Å². The standard InChI is InChI=1S/C23H19N3O/c1-14-6-5-9-17-18-11-10-16(12-15-7-3-2-4-8-15)20(19(13-24)23(25)27)22(18)26-21(14)17/h2-9,12,26H,10-11H2,1H3,(H2,25,27)/b16-12+,20-19-. The lowest BCUT2D eigenvalue weighted by Gasteiger charge is -2.20. The van der Waals surface area contributed by atoms with Gasteiger partial charge in [-0.3, -0.25) is 4.79 Å². The summed E-state index contributed by atoms with van der Waals surface area (Å²) in [5.74, 6) is -0.699. The number of benzene rings is 2. The molecule has 0 saturated carbocycles. The van der Waals surface area contributed by atoms with Gasteiger partial charge in [0.05, 0.1) is 5.69 Å². The first-order chi connectivity index (χ1) is 13.1. The summed E-state index contributed by atoms with van der Waals surface area (Å²) in [6.45, 7) is 2.05. The van der Waals surface area contributed by atoms with Gasteiger partial charge >= 0.3 is 0 Å². The predicted octanol–water partition coefficient (Wildman–Crippen LogP) is 4.27. The summed E-state index contributed by atoms with van der Waals surface area (Å²) in [6, 6.07) is 18.1. The molecule has 3 aromatic rings. The van der Waals surface area contributed by atoms with Gasteiger partial charge in [-0.15, -0.1) is 0 Å². The summed E-state index contributed by atoms with van der Waals surface area (Å²) in [6.07, 6.45) is 3.63. The fourth-order valence-electron chi connectivity index (χ4n) is 3.85. The molecule has 1 amide bonds. The lowest BCUT2D eigenvalue weighted by Crippen LogP contribution is -2.17. The quantitative estimate of drug-likeness (QED) is 0.533. The number of hydrogen-bond donors (Lipinski definition) is 2. The maximum Gasteiger partial charge on any atom is 0.260 e. The van der Waals surface area contributed by atoms with Crippen molar-refractivity contribution in [3.05, 3.63) is 82.1 Å². The van der Waals surface area contributed by atoms with Gasteiger partial charge in [-0.1, -0.05) is 54.6 Å². The molecule has 1 heterocycles. The van der Waals surface area contributed by atoms with E-state index in [-0.39, 0.29) is 5.57 Å². The van der Waals surface area contributed by atoms with E-state index in [2.05, 4.69) is 11.1 Å². The van der Waals surface area contributed by atoms with Crippen LogP contribution in [-0.4, -0.2) is 10.9 Å². The lowest BCUT2D eigenvalue weighted by atomic mass is 9.83. The van der Waals surface area contributed by atoms with Crippen molar-refractivity contribution >= 4 is 28.5 Å². The molecular weight excluding hydrogens is 334 g/mol. The summed E-state index contributed by atoms with van der Waals surface area (Å²) < 4.78 is 0. The third-order valence-corrected chi connectivity index (χ3v) is 5.11. The maximum absolute atomic E-state index is 12.0. The third-order valence-electron chi connectivity index (χ3n) is 5.11. The van der Waals surface area contributed by atoms with E-state index in [0.717, 1.165) is 51.7 Å². The van der Waals surface area contributed by atoms with Gasteiger partial charge in [0.25, 0.3) is 5.91 Å². The Hall–Kier alpha value is -3.58. The number of hydrogen-bond acceptors (Lipinski definition) is 2. The number of aromatic amines is 1. The molecule has 27 heavy (non-hydrogen) atoms. The van der Waals surface area contributed by atoms with Gasteiger partial charge in [0.1, 0.15) is 11.6 Å². The summed E-state index contributed by atoms with van der Waals surface area (Å²) in [4.78, 5) is 15.5. The van der Waals surface area contributed by atoms with Crippen LogP contribution in [0, 0.1) is 18.3 Å². The van der Waals surface area contributed by atoms with Crippen molar-refractivity contribution in [3.63, 3.8) is 0 Å². The molecule has 1 aliphatic carbocycles. The predicted molar refractivity (Wildman–Crippen MR) is 108 cm³/mol. The Balaban J connectivity index is 2.02. The number of para-hydroxylation sites is 1. The number of rotatable bonds is 2. The Bertz CT molecular complexity index is 1160. The number of nitrogens with one attached hydrogen (secondary N) is 1. The molecule has 1 aliphatic rings. The molecule has 2 aromatic carbocycles. The Kier molecular flexibility index (Phi) is 4.13. The molecule has 0 radical (unpaired) electrons. The van der Waals surface area contributed by atoms with E-state index >= 15 is 0 Å². The second-order valence-corrected chi connectivity index (χ2v) is 6.78. The van der Waals surface area contributed by atoms with Crippen LogP contribution in [0.2, 0.25) is 0 Å². The smallest absolute Gasteiger partial charge is 0.260 e. The van der Waals surface area contributed by atoms with Crippen LogP contribution in [0.5, 0.6) is 0 Å². The topological polar surface area (TPSA) is 82.7 Å². The van der Waals surface area contributed by atoms with Crippen LogP contribution in [0.15, 0.2) is 59.7 Å². The van der Waals surface area contributed by atoms with E-state index in [1.165, 1.54) is 0 Å². The van der Waals surface area contributed by atoms with Crippen LogP contribution in [0.4, 0.5) is 0 Å². The number of nitriles is 1. The lowest BCUT2D eigenvalue weighted by molar-refractivity contribution is -0.114. The van der Waals surface area contributed by atoms with E-state index in [4.69, 9.17) is 5.73 Å². The monoisotopic (exact) mass is 353 g/mol. The minimum atomic E-state index is -0.699. The molecular formula is C23H19N3O. The molecule has 0 saturated heterocycles. The fraction of sp³-hybridized carbons (Fsp3) is 0.130. The molecule has 0 bridgehead atoms. The zero-order valence-electron chi connectivity index (χ0n) is 15.0. The van der Waals surface area contributed by atoms with E-state index in [1.807, 2.05) is 61.5 Å². The zero-order chi connectivity index (χ0) is 19.0. The summed E-state index contributed by atoms with van der Waals surface area (Å²) in [5, 5.41) is 10.8. The molecule has 1 aromatic heterocycles. The number of aryl methyl sites for hydroxylation is 2. The van der Waals surface area contributed by atoms with Crippen LogP contribution in [-0.2, 0) is 11.2 Å². The van der Waals surface area contributed by atoms with Crippen molar-refractivity contribution < 1.29 is 4.79 Å². The van der Waals surface area contributed by atoms with E-state index in [0.29, 0.717) is 5.57 Å². The zero-order valence-corrected chi connectivity index (χ0v) is 15.0. The van der Waals surface area contributed by atoms with Crippen LogP contribution in [0.25, 0.3) is 22.6 Å². The number of carbonyl (C=O) groups excluding carboxylic acids is 1. The Morgan fingerprint density at radius 1 is 1.15 bits per heavy atom. The average molecular weight is 353 g/mol. The molecule has 0 fully saturated rings. The van der Waals surface area contributed by atoms with Crippen LogP contribution < -0.4 is 5.73 Å². The highest BCUT2D eigenvalue weighted by molar-refractivity contribution is 6.10. The van der Waals surface area contributed by atoms with Gasteiger partial charge in [-0.25, -0.2) is 0 Å². The van der Waals surface area contributed by atoms with Crippen molar-refractivity contribution in [3.8, 4) is 6.07 Å². The number of nitrogens with zero attached hydrogens (tertiary/aromatic N) is 1. The molecule has 0 unspecified atom stereocenters. The third kappa shape index (κ3) is 2.84. The van der Waals surface area contributed by atoms with Gasteiger partial charge in [-0.2, -0.15) is 5.26 Å². The van der Waals surface area contributed by atoms with Crippen LogP contribution in [0.1, 0.15) is 28.8 Å². The van der Waals surface area contributed by atoms with Gasteiger partial charge < -0.3 is 10.7 Å². The van der Waals surface area contributed by atoms with Gasteiger partial charge in [0.15, 0.2) is 0 Å². The van der Waals surface area contributed by atoms with Crippen LogP contribution in [0.3, 0.4) is 0 Å². The highest BCUT2D eigenvalue weighted by atomic mass is 16.1. The maximum atomic E-state index is 12.0. The number of carbonyl (C=O) groups is 1. The Labute approximate surface area is 157 Å². The summed E-state index contributed by atoms with van der Waals surface area (Å²) in [5.41, 5.74) is 12.3. The van der Waals surface area contributed by atoms with Crippen molar-refractivity contribution in [1.29, 1.82) is 5.26 Å². The number of allylic oxidation sites excluding steroid dienone is 2. The summed E-state index contributed by atoms with van der Waals surface area (Å²) in [7, 11) is 0. The van der Waals surface area contributed by atoms with Gasteiger partial charge in [0, 0.05) is 16.5 Å². The average Bonchev–Trinajstić information content (AvgIpc) is 3.05. The molecule has 0 aliphatic heterocycles.